The molecule has 0 aromatic rings. The molecule has 1 nitrogen and oxygen atoms in total. The highest BCUT2D eigenvalue weighted by molar-refractivity contribution is 4.95. The first-order valence-electron chi connectivity index (χ1n) is 3.18. The minimum atomic E-state index is 1.27. The first-order valence-corrected chi connectivity index (χ1v) is 3.18. The van der Waals surface area contributed by atoms with Crippen LogP contribution in [-0.2, 0) is 0 Å². The third-order valence-electron chi connectivity index (χ3n) is 1.33. The third-order valence-corrected chi connectivity index (χ3v) is 1.33. The second kappa shape index (κ2) is 2.21. The number of hydrogen-bond acceptors (Lipinski definition) is 1. The SMILES string of the molecule is CC(C)=CN1CCC1. The van der Waals surface area contributed by atoms with E-state index in [0.717, 1.165) is 0 Å². The minimum Gasteiger partial charge on any atom is -0.377 e. The van der Waals surface area contributed by atoms with Crippen LogP contribution >= 0.6 is 0 Å². The van der Waals surface area contributed by atoms with Crippen LogP contribution in [0.1, 0.15) is 20.3 Å². The Balaban J connectivity index is 2.27. The maximum Gasteiger partial charge on any atom is 0.0189 e. The molecule has 0 unspecified atom stereocenters. The predicted octanol–water partition coefficient (Wildman–Crippen LogP) is 1.62. The van der Waals surface area contributed by atoms with Gasteiger partial charge in [-0.3, -0.25) is 0 Å². The Hall–Kier alpha value is -0.460. The smallest absolute Gasteiger partial charge is 0.0189 e. The summed E-state index contributed by atoms with van der Waals surface area (Å²) in [5.41, 5.74) is 1.41. The molecule has 0 atom stereocenters. The van der Waals surface area contributed by atoms with Gasteiger partial charge in [-0.1, -0.05) is 5.57 Å². The lowest BCUT2D eigenvalue weighted by Gasteiger charge is -2.29. The summed E-state index contributed by atoms with van der Waals surface area (Å²) in [5, 5.41) is 0. The van der Waals surface area contributed by atoms with Crippen LogP contribution in [0, 0.1) is 0 Å². The Morgan fingerprint density at radius 1 is 1.38 bits per heavy atom. The lowest BCUT2D eigenvalue weighted by atomic mass is 10.2. The third kappa shape index (κ3) is 1.25. The van der Waals surface area contributed by atoms with E-state index in [1.165, 1.54) is 25.1 Å². The molecule has 0 saturated carbocycles. The molecule has 1 aliphatic heterocycles. The van der Waals surface area contributed by atoms with Gasteiger partial charge in [0.2, 0.25) is 0 Å². The number of hydrogen-bond donors (Lipinski definition) is 0. The number of likely N-dealkylation sites (tertiary alicyclic amines) is 1. The molecular formula is C7H13N. The summed E-state index contributed by atoms with van der Waals surface area (Å²) >= 11 is 0. The van der Waals surface area contributed by atoms with Crippen LogP contribution in [0.4, 0.5) is 0 Å². The fraction of sp³-hybridized carbons (Fsp3) is 0.714. The summed E-state index contributed by atoms with van der Waals surface area (Å²) in [5.74, 6) is 0. The van der Waals surface area contributed by atoms with E-state index in [2.05, 4.69) is 24.9 Å². The largest absolute Gasteiger partial charge is 0.377 e. The van der Waals surface area contributed by atoms with E-state index in [1.807, 2.05) is 0 Å². The summed E-state index contributed by atoms with van der Waals surface area (Å²) < 4.78 is 0. The number of nitrogens with zero attached hydrogens (tertiary/aromatic N) is 1. The van der Waals surface area contributed by atoms with E-state index in [9.17, 15) is 0 Å². The highest BCUT2D eigenvalue weighted by Gasteiger charge is 2.07. The van der Waals surface area contributed by atoms with Crippen molar-refractivity contribution in [3.05, 3.63) is 11.8 Å². The van der Waals surface area contributed by atoms with Crippen LogP contribution in [-0.4, -0.2) is 18.0 Å². The average Bonchev–Trinajstić information content (AvgIpc) is 1.55. The number of allylic oxidation sites excluding steroid dienone is 1. The Morgan fingerprint density at radius 3 is 2.12 bits per heavy atom. The van der Waals surface area contributed by atoms with Gasteiger partial charge in [-0.05, 0) is 26.5 Å². The fourth-order valence-electron chi connectivity index (χ4n) is 0.835. The molecule has 0 aromatic heterocycles. The molecule has 1 heteroatoms. The molecule has 0 N–H and O–H groups in total. The van der Waals surface area contributed by atoms with Gasteiger partial charge >= 0.3 is 0 Å². The van der Waals surface area contributed by atoms with Gasteiger partial charge in [0.1, 0.15) is 0 Å². The van der Waals surface area contributed by atoms with Gasteiger partial charge in [0.25, 0.3) is 0 Å². The molecule has 1 saturated heterocycles. The molecule has 1 aliphatic rings. The van der Waals surface area contributed by atoms with E-state index in [4.69, 9.17) is 0 Å². The molecule has 1 fully saturated rings. The first-order chi connectivity index (χ1) is 3.79. The molecule has 0 radical (unpaired) electrons. The average molecular weight is 111 g/mol. The van der Waals surface area contributed by atoms with Crippen molar-refractivity contribution in [2.24, 2.45) is 0 Å². The van der Waals surface area contributed by atoms with Crippen LogP contribution in [0.2, 0.25) is 0 Å². The van der Waals surface area contributed by atoms with Crippen LogP contribution < -0.4 is 0 Å². The van der Waals surface area contributed by atoms with Crippen LogP contribution in [0.25, 0.3) is 0 Å². The van der Waals surface area contributed by atoms with Gasteiger partial charge in [0, 0.05) is 13.1 Å². The van der Waals surface area contributed by atoms with E-state index in [1.54, 1.807) is 0 Å². The second-order valence-corrected chi connectivity index (χ2v) is 2.60. The monoisotopic (exact) mass is 111 g/mol. The van der Waals surface area contributed by atoms with Gasteiger partial charge in [0.05, 0.1) is 0 Å². The molecule has 8 heavy (non-hydrogen) atoms. The van der Waals surface area contributed by atoms with E-state index in [0.29, 0.717) is 0 Å². The van der Waals surface area contributed by atoms with Crippen molar-refractivity contribution in [1.29, 1.82) is 0 Å². The lowest BCUT2D eigenvalue weighted by molar-refractivity contribution is 0.262. The van der Waals surface area contributed by atoms with Crippen molar-refractivity contribution >= 4 is 0 Å². The Morgan fingerprint density at radius 2 is 2.00 bits per heavy atom. The summed E-state index contributed by atoms with van der Waals surface area (Å²) in [4.78, 5) is 2.34. The van der Waals surface area contributed by atoms with E-state index < -0.39 is 0 Å². The second-order valence-electron chi connectivity index (χ2n) is 2.60. The summed E-state index contributed by atoms with van der Waals surface area (Å²) in [7, 11) is 0. The summed E-state index contributed by atoms with van der Waals surface area (Å²) in [6.45, 7) is 6.81. The molecule has 0 amide bonds. The molecule has 0 aromatic carbocycles. The van der Waals surface area contributed by atoms with Gasteiger partial charge in [0.15, 0.2) is 0 Å². The Kier molecular flexibility index (Phi) is 1.56. The first kappa shape index (κ1) is 5.67. The maximum atomic E-state index is 2.34. The predicted molar refractivity (Wildman–Crippen MR) is 35.6 cm³/mol. The zero-order valence-electron chi connectivity index (χ0n) is 5.65. The lowest BCUT2D eigenvalue weighted by Crippen LogP contribution is -2.32. The standard InChI is InChI=1S/C7H13N/c1-7(2)6-8-4-3-5-8/h6H,3-5H2,1-2H3. The van der Waals surface area contributed by atoms with Crippen molar-refractivity contribution in [3.8, 4) is 0 Å². The Labute approximate surface area is 51.0 Å². The topological polar surface area (TPSA) is 3.24 Å². The summed E-state index contributed by atoms with van der Waals surface area (Å²) in [6, 6.07) is 0. The van der Waals surface area contributed by atoms with Crippen molar-refractivity contribution in [2.75, 3.05) is 13.1 Å². The van der Waals surface area contributed by atoms with Crippen LogP contribution in [0.5, 0.6) is 0 Å². The van der Waals surface area contributed by atoms with Crippen LogP contribution in [0.3, 0.4) is 0 Å². The molecule has 46 valence electrons. The van der Waals surface area contributed by atoms with Crippen molar-refractivity contribution < 1.29 is 0 Å². The zero-order valence-corrected chi connectivity index (χ0v) is 5.65. The highest BCUT2D eigenvalue weighted by Crippen LogP contribution is 2.07. The Bertz CT molecular complexity index is 97.0. The van der Waals surface area contributed by atoms with Gasteiger partial charge < -0.3 is 4.90 Å². The molecule has 0 spiro atoms. The zero-order chi connectivity index (χ0) is 5.98. The van der Waals surface area contributed by atoms with Crippen LogP contribution in [0.15, 0.2) is 11.8 Å². The molecule has 0 aliphatic carbocycles. The highest BCUT2D eigenvalue weighted by atomic mass is 15.1. The normalized spacial score (nSPS) is 17.5. The molecule has 0 bridgehead atoms. The van der Waals surface area contributed by atoms with Gasteiger partial charge in [-0.25, -0.2) is 0 Å². The van der Waals surface area contributed by atoms with E-state index >= 15 is 0 Å². The van der Waals surface area contributed by atoms with Gasteiger partial charge in [-0.2, -0.15) is 0 Å². The van der Waals surface area contributed by atoms with Gasteiger partial charge in [-0.15, -0.1) is 0 Å². The van der Waals surface area contributed by atoms with E-state index in [-0.39, 0.29) is 0 Å². The molecule has 1 rings (SSSR count). The van der Waals surface area contributed by atoms with Crippen molar-refractivity contribution in [1.82, 2.24) is 4.90 Å². The fourth-order valence-corrected chi connectivity index (χ4v) is 0.835. The van der Waals surface area contributed by atoms with Crippen molar-refractivity contribution in [2.45, 2.75) is 20.3 Å². The maximum absolute atomic E-state index is 2.34. The number of rotatable bonds is 1. The quantitative estimate of drug-likeness (QED) is 0.497. The minimum absolute atomic E-state index is 1.27. The summed E-state index contributed by atoms with van der Waals surface area (Å²) in [6.07, 6.45) is 3.60. The van der Waals surface area contributed by atoms with Crippen molar-refractivity contribution in [3.63, 3.8) is 0 Å². The molecule has 1 heterocycles. The molecular weight excluding hydrogens is 98.1 g/mol.